The first-order valence-electron chi connectivity index (χ1n) is 7.01. The molecule has 1 aromatic heterocycles. The van der Waals surface area contributed by atoms with Gasteiger partial charge in [0, 0.05) is 17.8 Å². The standard InChI is InChI=1S/C15H25N3/c1-10-4-6-12(7-5-10)14(17-3)13-11(2)8-9-18-15(13)16/h8-10,12,14,17H,4-7H2,1-3H3,(H2,16,18). The lowest BCUT2D eigenvalue weighted by molar-refractivity contribution is 0.238. The zero-order valence-electron chi connectivity index (χ0n) is 11.7. The van der Waals surface area contributed by atoms with Crippen molar-refractivity contribution in [2.24, 2.45) is 11.8 Å². The molecule has 3 heteroatoms. The van der Waals surface area contributed by atoms with E-state index in [4.69, 9.17) is 5.73 Å². The van der Waals surface area contributed by atoms with E-state index >= 15 is 0 Å². The maximum atomic E-state index is 6.08. The second kappa shape index (κ2) is 5.70. The summed E-state index contributed by atoms with van der Waals surface area (Å²) < 4.78 is 0. The van der Waals surface area contributed by atoms with Gasteiger partial charge in [0.2, 0.25) is 0 Å². The van der Waals surface area contributed by atoms with E-state index in [0.717, 1.165) is 5.92 Å². The van der Waals surface area contributed by atoms with E-state index in [1.165, 1.54) is 36.8 Å². The second-order valence-corrected chi connectivity index (χ2v) is 5.71. The molecule has 0 aromatic carbocycles. The number of aromatic nitrogens is 1. The summed E-state index contributed by atoms with van der Waals surface area (Å²) in [7, 11) is 2.04. The Morgan fingerprint density at radius 3 is 2.56 bits per heavy atom. The Bertz CT molecular complexity index is 374. The van der Waals surface area contributed by atoms with E-state index < -0.39 is 0 Å². The van der Waals surface area contributed by atoms with Gasteiger partial charge in [-0.05, 0) is 50.3 Å². The fourth-order valence-electron chi connectivity index (χ4n) is 3.23. The third-order valence-corrected chi connectivity index (χ3v) is 4.39. The number of pyridine rings is 1. The molecular weight excluding hydrogens is 222 g/mol. The van der Waals surface area contributed by atoms with Crippen LogP contribution in [-0.2, 0) is 0 Å². The van der Waals surface area contributed by atoms with Crippen LogP contribution >= 0.6 is 0 Å². The van der Waals surface area contributed by atoms with E-state index in [1.54, 1.807) is 6.20 Å². The molecule has 0 bridgehead atoms. The molecule has 0 aliphatic heterocycles. The van der Waals surface area contributed by atoms with Crippen LogP contribution in [0.3, 0.4) is 0 Å². The molecule has 2 rings (SSSR count). The number of anilines is 1. The highest BCUT2D eigenvalue weighted by molar-refractivity contribution is 5.46. The molecule has 18 heavy (non-hydrogen) atoms. The smallest absolute Gasteiger partial charge is 0.128 e. The Morgan fingerprint density at radius 1 is 1.33 bits per heavy atom. The first-order chi connectivity index (χ1) is 8.63. The molecule has 3 N–H and O–H groups in total. The highest BCUT2D eigenvalue weighted by Gasteiger charge is 2.28. The van der Waals surface area contributed by atoms with Gasteiger partial charge in [0.15, 0.2) is 0 Å². The van der Waals surface area contributed by atoms with Gasteiger partial charge in [0.25, 0.3) is 0 Å². The van der Waals surface area contributed by atoms with E-state index in [-0.39, 0.29) is 0 Å². The van der Waals surface area contributed by atoms with Crippen molar-refractivity contribution in [3.05, 3.63) is 23.4 Å². The molecule has 3 nitrogen and oxygen atoms in total. The SMILES string of the molecule is CNC(c1c(C)ccnc1N)C1CCC(C)CC1. The Kier molecular flexibility index (Phi) is 4.23. The maximum Gasteiger partial charge on any atom is 0.128 e. The Morgan fingerprint density at radius 2 is 2.00 bits per heavy atom. The van der Waals surface area contributed by atoms with E-state index in [0.29, 0.717) is 17.8 Å². The number of nitrogen functional groups attached to an aromatic ring is 1. The summed E-state index contributed by atoms with van der Waals surface area (Å²) in [5.74, 6) is 2.26. The van der Waals surface area contributed by atoms with Gasteiger partial charge in [-0.15, -0.1) is 0 Å². The zero-order chi connectivity index (χ0) is 13.1. The quantitative estimate of drug-likeness (QED) is 0.863. The molecule has 1 aliphatic rings. The van der Waals surface area contributed by atoms with Gasteiger partial charge in [-0.1, -0.05) is 19.8 Å². The number of nitrogens with zero attached hydrogens (tertiary/aromatic N) is 1. The second-order valence-electron chi connectivity index (χ2n) is 5.71. The van der Waals surface area contributed by atoms with Crippen molar-refractivity contribution < 1.29 is 0 Å². The normalized spacial score (nSPS) is 25.9. The minimum absolute atomic E-state index is 0.353. The Labute approximate surface area is 110 Å². The van der Waals surface area contributed by atoms with Gasteiger partial charge in [-0.3, -0.25) is 0 Å². The lowest BCUT2D eigenvalue weighted by atomic mass is 9.77. The number of hydrogen-bond donors (Lipinski definition) is 2. The zero-order valence-corrected chi connectivity index (χ0v) is 11.7. The molecule has 100 valence electrons. The Balaban J connectivity index is 2.23. The number of aryl methyl sites for hydroxylation is 1. The van der Waals surface area contributed by atoms with Crippen LogP contribution in [0.15, 0.2) is 12.3 Å². The Hall–Kier alpha value is -1.09. The molecule has 1 unspecified atom stereocenters. The van der Waals surface area contributed by atoms with Crippen molar-refractivity contribution >= 4 is 5.82 Å². The van der Waals surface area contributed by atoms with Crippen molar-refractivity contribution in [3.8, 4) is 0 Å². The van der Waals surface area contributed by atoms with Gasteiger partial charge in [-0.2, -0.15) is 0 Å². The number of nitrogens with two attached hydrogens (primary N) is 1. The van der Waals surface area contributed by atoms with Crippen molar-refractivity contribution in [1.82, 2.24) is 10.3 Å². The van der Waals surface area contributed by atoms with Crippen LogP contribution < -0.4 is 11.1 Å². The van der Waals surface area contributed by atoms with E-state index in [2.05, 4.69) is 30.2 Å². The molecule has 1 atom stereocenters. The van der Waals surface area contributed by atoms with Crippen molar-refractivity contribution in [2.45, 2.75) is 45.6 Å². The van der Waals surface area contributed by atoms with E-state index in [1.807, 2.05) is 7.05 Å². The molecule has 1 aromatic rings. The predicted molar refractivity (Wildman–Crippen MR) is 76.3 cm³/mol. The summed E-state index contributed by atoms with van der Waals surface area (Å²) in [5, 5.41) is 3.46. The lowest BCUT2D eigenvalue weighted by Crippen LogP contribution is -2.29. The summed E-state index contributed by atoms with van der Waals surface area (Å²) in [6, 6.07) is 2.41. The molecule has 1 heterocycles. The van der Waals surface area contributed by atoms with Crippen LogP contribution in [0.4, 0.5) is 5.82 Å². The first-order valence-corrected chi connectivity index (χ1v) is 7.01. The third-order valence-electron chi connectivity index (χ3n) is 4.39. The topological polar surface area (TPSA) is 50.9 Å². The molecule has 1 fully saturated rings. The minimum atomic E-state index is 0.353. The molecular formula is C15H25N3. The molecule has 0 radical (unpaired) electrons. The number of nitrogens with one attached hydrogen (secondary N) is 1. The number of hydrogen-bond acceptors (Lipinski definition) is 3. The van der Waals surface area contributed by atoms with Crippen molar-refractivity contribution in [1.29, 1.82) is 0 Å². The summed E-state index contributed by atoms with van der Waals surface area (Å²) in [4.78, 5) is 4.26. The summed E-state index contributed by atoms with van der Waals surface area (Å²) in [6.45, 7) is 4.48. The molecule has 1 aliphatic carbocycles. The molecule has 0 saturated heterocycles. The fourth-order valence-corrected chi connectivity index (χ4v) is 3.23. The van der Waals surface area contributed by atoms with Gasteiger partial charge in [0.1, 0.15) is 5.82 Å². The monoisotopic (exact) mass is 247 g/mol. The van der Waals surface area contributed by atoms with Crippen LogP contribution in [0.5, 0.6) is 0 Å². The minimum Gasteiger partial charge on any atom is -0.383 e. The third kappa shape index (κ3) is 2.66. The van der Waals surface area contributed by atoms with Gasteiger partial charge in [-0.25, -0.2) is 4.98 Å². The fraction of sp³-hybridized carbons (Fsp3) is 0.667. The van der Waals surface area contributed by atoms with Gasteiger partial charge in [0.05, 0.1) is 0 Å². The molecule has 0 amide bonds. The van der Waals surface area contributed by atoms with Crippen molar-refractivity contribution in [2.75, 3.05) is 12.8 Å². The number of rotatable bonds is 3. The van der Waals surface area contributed by atoms with Crippen LogP contribution in [0, 0.1) is 18.8 Å². The molecule has 1 saturated carbocycles. The highest BCUT2D eigenvalue weighted by Crippen LogP contribution is 2.38. The van der Waals surface area contributed by atoms with Gasteiger partial charge < -0.3 is 11.1 Å². The maximum absolute atomic E-state index is 6.08. The summed E-state index contributed by atoms with van der Waals surface area (Å²) in [6.07, 6.45) is 7.05. The van der Waals surface area contributed by atoms with Crippen LogP contribution in [0.25, 0.3) is 0 Å². The summed E-state index contributed by atoms with van der Waals surface area (Å²) in [5.41, 5.74) is 8.54. The van der Waals surface area contributed by atoms with Crippen LogP contribution in [-0.4, -0.2) is 12.0 Å². The van der Waals surface area contributed by atoms with Crippen LogP contribution in [0.1, 0.15) is 49.8 Å². The average Bonchev–Trinajstić information content (AvgIpc) is 2.35. The van der Waals surface area contributed by atoms with E-state index in [9.17, 15) is 0 Å². The predicted octanol–water partition coefficient (Wildman–Crippen LogP) is 3.06. The van der Waals surface area contributed by atoms with Crippen molar-refractivity contribution in [3.63, 3.8) is 0 Å². The lowest BCUT2D eigenvalue weighted by Gasteiger charge is -2.33. The largest absolute Gasteiger partial charge is 0.383 e. The molecule has 0 spiro atoms. The van der Waals surface area contributed by atoms with Crippen LogP contribution in [0.2, 0.25) is 0 Å². The first kappa shape index (κ1) is 13.3. The average molecular weight is 247 g/mol. The summed E-state index contributed by atoms with van der Waals surface area (Å²) >= 11 is 0. The highest BCUT2D eigenvalue weighted by atomic mass is 14.9. The van der Waals surface area contributed by atoms with Gasteiger partial charge >= 0.3 is 0 Å².